The van der Waals surface area contributed by atoms with Crippen molar-refractivity contribution in [1.82, 2.24) is 4.90 Å². The Morgan fingerprint density at radius 2 is 2.31 bits per heavy atom. The number of ether oxygens (including phenoxy) is 1. The summed E-state index contributed by atoms with van der Waals surface area (Å²) in [4.78, 5) is 13.3. The monoisotopic (exact) mass is 229 g/mol. The van der Waals surface area contributed by atoms with E-state index in [2.05, 4.69) is 11.8 Å². The summed E-state index contributed by atoms with van der Waals surface area (Å²) in [6.45, 7) is 6.17. The van der Waals surface area contributed by atoms with E-state index in [9.17, 15) is 4.79 Å². The van der Waals surface area contributed by atoms with Gasteiger partial charge in [-0.15, -0.1) is 0 Å². The smallest absolute Gasteiger partial charge is 0.219 e. The summed E-state index contributed by atoms with van der Waals surface area (Å²) < 4.78 is 5.61. The predicted molar refractivity (Wildman–Crippen MR) is 62.9 cm³/mol. The van der Waals surface area contributed by atoms with Crippen LogP contribution in [-0.4, -0.2) is 48.7 Å². The van der Waals surface area contributed by atoms with E-state index in [0.717, 1.165) is 13.0 Å². The van der Waals surface area contributed by atoms with Crippen molar-refractivity contribution >= 4 is 5.91 Å². The summed E-state index contributed by atoms with van der Waals surface area (Å²) in [5, 5.41) is 0. The highest BCUT2D eigenvalue weighted by atomic mass is 16.5. The zero-order chi connectivity index (χ0) is 12.1. The second-order valence-electron chi connectivity index (χ2n) is 4.46. The summed E-state index contributed by atoms with van der Waals surface area (Å²) >= 11 is 0. The third-order valence-corrected chi connectivity index (χ3v) is 3.16. The van der Waals surface area contributed by atoms with E-state index in [1.54, 1.807) is 0 Å². The summed E-state index contributed by atoms with van der Waals surface area (Å²) in [7, 11) is 0. The van der Waals surface area contributed by atoms with Crippen molar-refractivity contribution in [2.24, 2.45) is 11.5 Å². The minimum absolute atomic E-state index is 0.0498. The van der Waals surface area contributed by atoms with Gasteiger partial charge in [-0.2, -0.15) is 0 Å². The number of nitrogens with two attached hydrogens (primary N) is 2. The van der Waals surface area contributed by atoms with Crippen molar-refractivity contribution in [3.63, 3.8) is 0 Å². The molecule has 0 radical (unpaired) electrons. The van der Waals surface area contributed by atoms with Gasteiger partial charge in [0.2, 0.25) is 5.91 Å². The number of primary amides is 1. The van der Waals surface area contributed by atoms with Crippen LogP contribution in [0, 0.1) is 0 Å². The molecule has 0 aliphatic carbocycles. The standard InChI is InChI=1S/C11H23N3O2/c1-3-9-7-16-8(2)6-14(9)10(5-12)4-11(13)15/h8-10H,3-7,12H2,1-2H3,(H2,13,15). The van der Waals surface area contributed by atoms with Crippen LogP contribution in [0.2, 0.25) is 0 Å². The number of hydrogen-bond donors (Lipinski definition) is 2. The lowest BCUT2D eigenvalue weighted by Gasteiger charge is -2.42. The first-order valence-corrected chi connectivity index (χ1v) is 5.94. The Hall–Kier alpha value is -0.650. The molecule has 0 aromatic rings. The number of hydrogen-bond acceptors (Lipinski definition) is 4. The Kier molecular flexibility index (Phi) is 5.18. The van der Waals surface area contributed by atoms with Gasteiger partial charge in [0.25, 0.3) is 0 Å². The van der Waals surface area contributed by atoms with Crippen LogP contribution in [0.3, 0.4) is 0 Å². The van der Waals surface area contributed by atoms with E-state index in [4.69, 9.17) is 16.2 Å². The number of carbonyl (C=O) groups is 1. The molecule has 4 N–H and O–H groups in total. The number of nitrogens with zero attached hydrogens (tertiary/aromatic N) is 1. The molecule has 0 saturated carbocycles. The van der Waals surface area contributed by atoms with Crippen molar-refractivity contribution in [1.29, 1.82) is 0 Å². The van der Waals surface area contributed by atoms with Crippen LogP contribution in [-0.2, 0) is 9.53 Å². The van der Waals surface area contributed by atoms with Gasteiger partial charge in [0.05, 0.1) is 12.7 Å². The van der Waals surface area contributed by atoms with Gasteiger partial charge in [0, 0.05) is 31.6 Å². The SMILES string of the molecule is CCC1COC(C)CN1C(CN)CC(N)=O. The fraction of sp³-hybridized carbons (Fsp3) is 0.909. The molecule has 16 heavy (non-hydrogen) atoms. The molecule has 0 aromatic heterocycles. The molecule has 5 heteroatoms. The van der Waals surface area contributed by atoms with E-state index in [1.807, 2.05) is 6.92 Å². The van der Waals surface area contributed by atoms with Crippen LogP contribution >= 0.6 is 0 Å². The normalized spacial score (nSPS) is 28.9. The van der Waals surface area contributed by atoms with Crippen molar-refractivity contribution in [3.05, 3.63) is 0 Å². The van der Waals surface area contributed by atoms with Gasteiger partial charge in [0.1, 0.15) is 0 Å². The molecule has 94 valence electrons. The molecule has 3 unspecified atom stereocenters. The molecule has 1 rings (SSSR count). The minimum atomic E-state index is -0.288. The maximum Gasteiger partial charge on any atom is 0.219 e. The molecule has 3 atom stereocenters. The third-order valence-electron chi connectivity index (χ3n) is 3.16. The van der Waals surface area contributed by atoms with Gasteiger partial charge < -0.3 is 16.2 Å². The van der Waals surface area contributed by atoms with Gasteiger partial charge in [-0.25, -0.2) is 0 Å². The van der Waals surface area contributed by atoms with Gasteiger partial charge in [-0.1, -0.05) is 6.92 Å². The maximum atomic E-state index is 11.0. The Morgan fingerprint density at radius 3 is 2.81 bits per heavy atom. The summed E-state index contributed by atoms with van der Waals surface area (Å²) in [6.07, 6.45) is 1.53. The van der Waals surface area contributed by atoms with Crippen LogP contribution in [0.15, 0.2) is 0 Å². The van der Waals surface area contributed by atoms with Crippen LogP contribution in [0.5, 0.6) is 0 Å². The molecule has 1 fully saturated rings. The molecular weight excluding hydrogens is 206 g/mol. The van der Waals surface area contributed by atoms with Gasteiger partial charge in [-0.05, 0) is 13.3 Å². The fourth-order valence-corrected chi connectivity index (χ4v) is 2.24. The van der Waals surface area contributed by atoms with Crippen molar-refractivity contribution in [2.75, 3.05) is 19.7 Å². The van der Waals surface area contributed by atoms with Crippen LogP contribution in [0.25, 0.3) is 0 Å². The summed E-state index contributed by atoms with van der Waals surface area (Å²) in [5.41, 5.74) is 11.0. The first-order chi connectivity index (χ1) is 7.58. The predicted octanol–water partition coefficient (Wildman–Crippen LogP) is -0.312. The Labute approximate surface area is 97.1 Å². The fourth-order valence-electron chi connectivity index (χ4n) is 2.24. The van der Waals surface area contributed by atoms with E-state index in [-0.39, 0.29) is 18.1 Å². The molecule has 0 bridgehead atoms. The van der Waals surface area contributed by atoms with Gasteiger partial charge in [0.15, 0.2) is 0 Å². The molecule has 1 aliphatic rings. The van der Waals surface area contributed by atoms with Crippen molar-refractivity contribution < 1.29 is 9.53 Å². The molecule has 1 aliphatic heterocycles. The lowest BCUT2D eigenvalue weighted by atomic mass is 10.0. The van der Waals surface area contributed by atoms with Crippen LogP contribution in [0.4, 0.5) is 0 Å². The highest BCUT2D eigenvalue weighted by Gasteiger charge is 2.31. The Bertz CT molecular complexity index is 235. The highest BCUT2D eigenvalue weighted by Crippen LogP contribution is 2.18. The van der Waals surface area contributed by atoms with Gasteiger partial charge >= 0.3 is 0 Å². The third kappa shape index (κ3) is 3.43. The molecule has 5 nitrogen and oxygen atoms in total. The van der Waals surface area contributed by atoms with Crippen molar-refractivity contribution in [2.45, 2.75) is 44.9 Å². The highest BCUT2D eigenvalue weighted by molar-refractivity contribution is 5.74. The van der Waals surface area contributed by atoms with E-state index in [0.29, 0.717) is 25.6 Å². The number of amides is 1. The topological polar surface area (TPSA) is 81.6 Å². The van der Waals surface area contributed by atoms with E-state index < -0.39 is 0 Å². The Morgan fingerprint density at radius 1 is 1.62 bits per heavy atom. The zero-order valence-electron chi connectivity index (χ0n) is 10.2. The second kappa shape index (κ2) is 6.18. The molecule has 0 spiro atoms. The minimum Gasteiger partial charge on any atom is -0.376 e. The van der Waals surface area contributed by atoms with E-state index in [1.165, 1.54) is 0 Å². The Balaban J connectivity index is 2.66. The van der Waals surface area contributed by atoms with Crippen molar-refractivity contribution in [3.8, 4) is 0 Å². The first kappa shape index (κ1) is 13.4. The lowest BCUT2D eigenvalue weighted by Crippen LogP contribution is -2.56. The zero-order valence-corrected chi connectivity index (χ0v) is 10.2. The molecular formula is C11H23N3O2. The molecule has 0 aromatic carbocycles. The first-order valence-electron chi connectivity index (χ1n) is 5.94. The van der Waals surface area contributed by atoms with Crippen LogP contribution in [0.1, 0.15) is 26.7 Å². The number of carbonyl (C=O) groups excluding carboxylic acids is 1. The maximum absolute atomic E-state index is 11.0. The molecule has 1 heterocycles. The van der Waals surface area contributed by atoms with Gasteiger partial charge in [-0.3, -0.25) is 9.69 Å². The average Bonchev–Trinajstić information content (AvgIpc) is 2.25. The second-order valence-corrected chi connectivity index (χ2v) is 4.46. The average molecular weight is 229 g/mol. The summed E-state index contributed by atoms with van der Waals surface area (Å²) in [5.74, 6) is -0.288. The largest absolute Gasteiger partial charge is 0.376 e. The molecule has 1 saturated heterocycles. The quantitative estimate of drug-likeness (QED) is 0.677. The van der Waals surface area contributed by atoms with Crippen LogP contribution < -0.4 is 11.5 Å². The number of morpholine rings is 1. The molecule has 1 amide bonds. The van der Waals surface area contributed by atoms with E-state index >= 15 is 0 Å². The lowest BCUT2D eigenvalue weighted by molar-refractivity contribution is -0.121. The number of rotatable bonds is 5. The summed E-state index contributed by atoms with van der Waals surface area (Å²) in [6, 6.07) is 0.401.